The molecular formula is C28H29BrN4O6. The van der Waals surface area contributed by atoms with Gasteiger partial charge in [0.2, 0.25) is 0 Å². The lowest BCUT2D eigenvalue weighted by Crippen LogP contribution is -2.38. The molecule has 0 aliphatic rings. The number of nitrogens with one attached hydrogen (secondary N) is 3. The number of nitrogens with zero attached hydrogens (tertiary/aromatic N) is 1. The first kappa shape index (κ1) is 29.2. The first-order chi connectivity index (χ1) is 18.8. The monoisotopic (exact) mass is 596 g/mol. The number of hydrogen-bond acceptors (Lipinski definition) is 7. The lowest BCUT2D eigenvalue weighted by atomic mass is 10.1. The predicted octanol–water partition coefficient (Wildman–Crippen LogP) is 3.60. The summed E-state index contributed by atoms with van der Waals surface area (Å²) in [5.74, 6) is -0.528. The summed E-state index contributed by atoms with van der Waals surface area (Å²) in [5.41, 5.74) is 5.33. The Morgan fingerprint density at radius 3 is 2.33 bits per heavy atom. The number of aryl methyl sites for hydroxylation is 1. The summed E-state index contributed by atoms with van der Waals surface area (Å²) in [6.07, 6.45) is 1.81. The van der Waals surface area contributed by atoms with E-state index in [1.165, 1.54) is 6.21 Å². The lowest BCUT2D eigenvalue weighted by Gasteiger charge is -2.10. The Hall–Kier alpha value is -4.38. The van der Waals surface area contributed by atoms with Crippen molar-refractivity contribution in [2.24, 2.45) is 5.10 Å². The Bertz CT molecular complexity index is 1340. The maximum atomic E-state index is 12.3. The largest absolute Gasteiger partial charge is 0.493 e. The van der Waals surface area contributed by atoms with E-state index in [0.717, 1.165) is 15.6 Å². The van der Waals surface area contributed by atoms with Crippen molar-refractivity contribution in [3.05, 3.63) is 81.8 Å². The second-order valence-electron chi connectivity index (χ2n) is 8.28. The number of carbonyl (C=O) groups excluding carboxylic acids is 3. The zero-order chi connectivity index (χ0) is 28.2. The maximum absolute atomic E-state index is 12.3. The van der Waals surface area contributed by atoms with E-state index in [0.29, 0.717) is 34.9 Å². The Kier molecular flexibility index (Phi) is 10.9. The summed E-state index contributed by atoms with van der Waals surface area (Å²) in [6, 6.07) is 17.9. The van der Waals surface area contributed by atoms with Crippen molar-refractivity contribution in [1.82, 2.24) is 10.7 Å². The third-order valence-electron chi connectivity index (χ3n) is 5.39. The molecule has 0 unspecified atom stereocenters. The third kappa shape index (κ3) is 9.15. The van der Waals surface area contributed by atoms with E-state index in [1.54, 1.807) is 56.7 Å². The number of amides is 3. The van der Waals surface area contributed by atoms with Crippen LogP contribution in [0.2, 0.25) is 0 Å². The van der Waals surface area contributed by atoms with Crippen molar-refractivity contribution in [1.29, 1.82) is 0 Å². The SMILES string of the molecule is COc1ccc(CCNC(=O)C(=O)N/N=C\c2cc(Br)ccc2OCC(=O)Nc2ccc(C)cc2)cc1OC. The van der Waals surface area contributed by atoms with Crippen LogP contribution in [0.25, 0.3) is 0 Å². The van der Waals surface area contributed by atoms with Crippen LogP contribution in [-0.4, -0.2) is 51.3 Å². The van der Waals surface area contributed by atoms with E-state index < -0.39 is 11.8 Å². The third-order valence-corrected chi connectivity index (χ3v) is 5.88. The molecule has 0 saturated heterocycles. The molecule has 3 amide bonds. The van der Waals surface area contributed by atoms with Gasteiger partial charge in [0.15, 0.2) is 18.1 Å². The summed E-state index contributed by atoms with van der Waals surface area (Å²) in [4.78, 5) is 36.6. The Balaban J connectivity index is 1.49. The molecule has 0 aromatic heterocycles. The molecule has 3 N–H and O–H groups in total. The summed E-state index contributed by atoms with van der Waals surface area (Å²) < 4.78 is 16.9. The smallest absolute Gasteiger partial charge is 0.329 e. The van der Waals surface area contributed by atoms with Gasteiger partial charge in [-0.15, -0.1) is 0 Å². The number of ether oxygens (including phenoxy) is 3. The number of hydrazone groups is 1. The van der Waals surface area contributed by atoms with Crippen LogP contribution in [0.1, 0.15) is 16.7 Å². The van der Waals surface area contributed by atoms with Crippen LogP contribution in [0.3, 0.4) is 0 Å². The molecule has 204 valence electrons. The highest BCUT2D eigenvalue weighted by Gasteiger charge is 2.13. The van der Waals surface area contributed by atoms with Crippen LogP contribution in [0.15, 0.2) is 70.2 Å². The summed E-state index contributed by atoms with van der Waals surface area (Å²) in [7, 11) is 3.09. The van der Waals surface area contributed by atoms with Crippen LogP contribution < -0.4 is 30.3 Å². The van der Waals surface area contributed by atoms with E-state index in [-0.39, 0.29) is 19.1 Å². The average Bonchev–Trinajstić information content (AvgIpc) is 2.93. The van der Waals surface area contributed by atoms with Crippen LogP contribution in [0, 0.1) is 6.92 Å². The molecule has 0 aliphatic heterocycles. The molecule has 0 fully saturated rings. The molecule has 0 bridgehead atoms. The molecule has 3 aromatic rings. The van der Waals surface area contributed by atoms with E-state index in [2.05, 4.69) is 37.1 Å². The van der Waals surface area contributed by atoms with Gasteiger partial charge in [0.05, 0.1) is 20.4 Å². The molecule has 0 heterocycles. The topological polar surface area (TPSA) is 127 Å². The van der Waals surface area contributed by atoms with Gasteiger partial charge in [0.1, 0.15) is 5.75 Å². The van der Waals surface area contributed by atoms with Gasteiger partial charge in [0, 0.05) is 22.3 Å². The lowest BCUT2D eigenvalue weighted by molar-refractivity contribution is -0.139. The fourth-order valence-corrected chi connectivity index (χ4v) is 3.76. The minimum absolute atomic E-state index is 0.231. The zero-order valence-electron chi connectivity index (χ0n) is 21.7. The number of rotatable bonds is 11. The Morgan fingerprint density at radius 2 is 1.62 bits per heavy atom. The molecule has 0 aliphatic carbocycles. The van der Waals surface area contributed by atoms with Crippen LogP contribution in [0.4, 0.5) is 5.69 Å². The molecule has 11 heteroatoms. The van der Waals surface area contributed by atoms with Crippen LogP contribution in [0.5, 0.6) is 17.2 Å². The summed E-state index contributed by atoms with van der Waals surface area (Å²) in [5, 5.41) is 9.17. The van der Waals surface area contributed by atoms with E-state index in [4.69, 9.17) is 14.2 Å². The van der Waals surface area contributed by atoms with E-state index in [9.17, 15) is 14.4 Å². The highest BCUT2D eigenvalue weighted by Crippen LogP contribution is 2.27. The fraction of sp³-hybridized carbons (Fsp3) is 0.214. The van der Waals surface area contributed by atoms with Gasteiger partial charge in [-0.25, -0.2) is 5.43 Å². The number of halogens is 1. The van der Waals surface area contributed by atoms with Gasteiger partial charge < -0.3 is 24.8 Å². The maximum Gasteiger partial charge on any atom is 0.329 e. The zero-order valence-corrected chi connectivity index (χ0v) is 23.3. The second-order valence-corrected chi connectivity index (χ2v) is 9.20. The van der Waals surface area contributed by atoms with Crippen molar-refractivity contribution in [2.75, 3.05) is 32.7 Å². The number of carbonyl (C=O) groups is 3. The molecule has 0 radical (unpaired) electrons. The van der Waals surface area contributed by atoms with Gasteiger partial charge in [-0.1, -0.05) is 39.7 Å². The standard InChI is InChI=1S/C28H29BrN4O6/c1-18-4-8-22(9-5-18)32-26(34)17-39-23-11-7-21(29)15-20(23)16-31-33-28(36)27(35)30-13-12-19-6-10-24(37-2)25(14-19)38-3/h4-11,14-16H,12-13,17H2,1-3H3,(H,30,35)(H,32,34)(H,33,36)/b31-16-. The number of methoxy groups -OCH3 is 2. The summed E-state index contributed by atoms with van der Waals surface area (Å²) >= 11 is 3.37. The second kappa shape index (κ2) is 14.5. The predicted molar refractivity (Wildman–Crippen MR) is 151 cm³/mol. The molecule has 3 aromatic carbocycles. The number of hydrogen-bond donors (Lipinski definition) is 3. The molecule has 10 nitrogen and oxygen atoms in total. The van der Waals surface area contributed by atoms with Crippen molar-refractivity contribution in [3.63, 3.8) is 0 Å². The highest BCUT2D eigenvalue weighted by molar-refractivity contribution is 9.10. The summed E-state index contributed by atoms with van der Waals surface area (Å²) in [6.45, 7) is 1.97. The Morgan fingerprint density at radius 1 is 0.897 bits per heavy atom. The first-order valence-corrected chi connectivity index (χ1v) is 12.7. The van der Waals surface area contributed by atoms with Crippen molar-refractivity contribution in [3.8, 4) is 17.2 Å². The minimum Gasteiger partial charge on any atom is -0.493 e. The normalized spacial score (nSPS) is 10.6. The molecule has 39 heavy (non-hydrogen) atoms. The van der Waals surface area contributed by atoms with Crippen molar-refractivity contribution < 1.29 is 28.6 Å². The van der Waals surface area contributed by atoms with Gasteiger partial charge in [0.25, 0.3) is 5.91 Å². The first-order valence-electron chi connectivity index (χ1n) is 11.9. The molecular weight excluding hydrogens is 568 g/mol. The fourth-order valence-electron chi connectivity index (χ4n) is 3.38. The molecule has 3 rings (SSSR count). The van der Waals surface area contributed by atoms with E-state index in [1.807, 2.05) is 25.1 Å². The highest BCUT2D eigenvalue weighted by atomic mass is 79.9. The van der Waals surface area contributed by atoms with E-state index >= 15 is 0 Å². The van der Waals surface area contributed by atoms with Crippen LogP contribution in [-0.2, 0) is 20.8 Å². The average molecular weight is 597 g/mol. The number of anilines is 1. The van der Waals surface area contributed by atoms with Gasteiger partial charge in [-0.2, -0.15) is 5.10 Å². The Labute approximate surface area is 234 Å². The van der Waals surface area contributed by atoms with Gasteiger partial charge in [-0.3, -0.25) is 14.4 Å². The minimum atomic E-state index is -0.923. The number of benzene rings is 3. The molecule has 0 spiro atoms. The van der Waals surface area contributed by atoms with Crippen molar-refractivity contribution >= 4 is 45.6 Å². The van der Waals surface area contributed by atoms with Crippen molar-refractivity contribution in [2.45, 2.75) is 13.3 Å². The van der Waals surface area contributed by atoms with Gasteiger partial charge >= 0.3 is 11.8 Å². The molecule has 0 atom stereocenters. The quantitative estimate of drug-likeness (QED) is 0.176. The molecule has 0 saturated carbocycles. The van der Waals surface area contributed by atoms with Crippen LogP contribution >= 0.6 is 15.9 Å². The van der Waals surface area contributed by atoms with Gasteiger partial charge in [-0.05, 0) is 61.4 Å².